The highest BCUT2D eigenvalue weighted by Crippen LogP contribution is 2.34. The number of hydrogen-bond acceptors (Lipinski definition) is 5. The Morgan fingerprint density at radius 3 is 2.68 bits per heavy atom. The highest BCUT2D eigenvalue weighted by atomic mass is 32.2. The summed E-state index contributed by atoms with van der Waals surface area (Å²) < 4.78 is 0.303. The third-order valence-electron chi connectivity index (χ3n) is 3.57. The first-order chi connectivity index (χ1) is 11.9. The molecule has 1 saturated heterocycles. The summed E-state index contributed by atoms with van der Waals surface area (Å²) in [4.78, 5) is 25.9. The predicted molar refractivity (Wildman–Crippen MR) is 110 cm³/mol. The molecule has 1 aromatic rings. The zero-order valence-electron chi connectivity index (χ0n) is 14.0. The van der Waals surface area contributed by atoms with Gasteiger partial charge in [0.1, 0.15) is 10.4 Å². The van der Waals surface area contributed by atoms with E-state index in [9.17, 15) is 14.7 Å². The SMILES string of the molecule is CSCC[C@H](C(=O)O)N1C(=O)/C(=C\C(C)=C\c2ccccc2)SC1=S. The number of carbonyl (C=O) groups excluding carboxylic acids is 1. The molecule has 1 aromatic carbocycles. The summed E-state index contributed by atoms with van der Waals surface area (Å²) >= 11 is 7.96. The molecule has 7 heteroatoms. The van der Waals surface area contributed by atoms with Crippen LogP contribution < -0.4 is 0 Å². The molecule has 1 amide bonds. The summed E-state index contributed by atoms with van der Waals surface area (Å²) in [7, 11) is 0. The van der Waals surface area contributed by atoms with Crippen molar-refractivity contribution < 1.29 is 14.7 Å². The topological polar surface area (TPSA) is 57.6 Å². The van der Waals surface area contributed by atoms with Crippen molar-refractivity contribution in [3.8, 4) is 0 Å². The second-order valence-corrected chi connectivity index (χ2v) is 8.15. The van der Waals surface area contributed by atoms with Gasteiger partial charge in [0.05, 0.1) is 4.91 Å². The highest BCUT2D eigenvalue weighted by Gasteiger charge is 2.40. The second kappa shape index (κ2) is 9.22. The quantitative estimate of drug-likeness (QED) is 0.557. The third kappa shape index (κ3) is 5.20. The zero-order chi connectivity index (χ0) is 18.4. The van der Waals surface area contributed by atoms with Crippen LogP contribution in [0.1, 0.15) is 18.9 Å². The Labute approximate surface area is 161 Å². The number of allylic oxidation sites excluding steroid dienone is 2. The number of benzene rings is 1. The van der Waals surface area contributed by atoms with Crippen LogP contribution in [0.3, 0.4) is 0 Å². The molecule has 0 radical (unpaired) electrons. The Bertz CT molecular complexity index is 728. The average molecular weight is 394 g/mol. The second-order valence-electron chi connectivity index (χ2n) is 5.49. The molecule has 1 aliphatic rings. The van der Waals surface area contributed by atoms with E-state index in [-0.39, 0.29) is 5.91 Å². The van der Waals surface area contributed by atoms with E-state index >= 15 is 0 Å². The molecule has 1 aliphatic heterocycles. The molecular formula is C18H19NO3S3. The number of thiocarbonyl (C=S) groups is 1. The fraction of sp³-hybridized carbons (Fsp3) is 0.278. The van der Waals surface area contributed by atoms with E-state index in [0.29, 0.717) is 21.4 Å². The van der Waals surface area contributed by atoms with Crippen LogP contribution in [0, 0.1) is 0 Å². The lowest BCUT2D eigenvalue weighted by atomic mass is 10.1. The Kier molecular flexibility index (Phi) is 7.28. The lowest BCUT2D eigenvalue weighted by Crippen LogP contribution is -2.44. The molecule has 4 nitrogen and oxygen atoms in total. The first-order valence-electron chi connectivity index (χ1n) is 7.66. The van der Waals surface area contributed by atoms with Gasteiger partial charge in [-0.05, 0) is 42.6 Å². The maximum Gasteiger partial charge on any atom is 0.326 e. The Morgan fingerprint density at radius 2 is 2.08 bits per heavy atom. The maximum absolute atomic E-state index is 12.7. The summed E-state index contributed by atoms with van der Waals surface area (Å²) in [6.07, 6.45) is 6.00. The molecule has 132 valence electrons. The van der Waals surface area contributed by atoms with E-state index in [2.05, 4.69) is 0 Å². The number of thioether (sulfide) groups is 2. The molecule has 0 saturated carbocycles. The fourth-order valence-electron chi connectivity index (χ4n) is 2.40. The monoisotopic (exact) mass is 393 g/mol. The van der Waals surface area contributed by atoms with Crippen molar-refractivity contribution in [1.82, 2.24) is 4.90 Å². The number of rotatable bonds is 7. The van der Waals surface area contributed by atoms with Gasteiger partial charge in [0.15, 0.2) is 0 Å². The van der Waals surface area contributed by atoms with Gasteiger partial charge < -0.3 is 5.11 Å². The van der Waals surface area contributed by atoms with E-state index < -0.39 is 12.0 Å². The van der Waals surface area contributed by atoms with Gasteiger partial charge in [0, 0.05) is 0 Å². The van der Waals surface area contributed by atoms with Gasteiger partial charge >= 0.3 is 5.97 Å². The van der Waals surface area contributed by atoms with Crippen molar-refractivity contribution in [2.75, 3.05) is 12.0 Å². The van der Waals surface area contributed by atoms with Gasteiger partial charge in [-0.25, -0.2) is 4.79 Å². The van der Waals surface area contributed by atoms with E-state index in [1.807, 2.05) is 49.6 Å². The highest BCUT2D eigenvalue weighted by molar-refractivity contribution is 8.26. The zero-order valence-corrected chi connectivity index (χ0v) is 16.4. The molecule has 1 N–H and O–H groups in total. The fourth-order valence-corrected chi connectivity index (χ4v) is 4.27. The van der Waals surface area contributed by atoms with Crippen molar-refractivity contribution in [3.05, 3.63) is 52.4 Å². The minimum atomic E-state index is -1.02. The lowest BCUT2D eigenvalue weighted by molar-refractivity contribution is -0.145. The number of aliphatic carboxylic acids is 1. The number of carboxylic acid groups (broad SMARTS) is 1. The third-order valence-corrected chi connectivity index (χ3v) is 5.54. The van der Waals surface area contributed by atoms with Crippen LogP contribution in [0.2, 0.25) is 0 Å². The molecule has 0 bridgehead atoms. The van der Waals surface area contributed by atoms with Gasteiger partial charge in [0.25, 0.3) is 5.91 Å². The largest absolute Gasteiger partial charge is 0.480 e. The van der Waals surface area contributed by atoms with Crippen LogP contribution >= 0.6 is 35.7 Å². The molecule has 1 heterocycles. The molecular weight excluding hydrogens is 374 g/mol. The van der Waals surface area contributed by atoms with E-state index in [1.165, 1.54) is 4.90 Å². The van der Waals surface area contributed by atoms with Crippen LogP contribution in [0.25, 0.3) is 6.08 Å². The van der Waals surface area contributed by atoms with Crippen LogP contribution in [-0.4, -0.2) is 44.3 Å². The summed E-state index contributed by atoms with van der Waals surface area (Å²) in [6, 6.07) is 8.88. The summed E-state index contributed by atoms with van der Waals surface area (Å²) in [5.74, 6) is -0.701. The number of nitrogens with zero attached hydrogens (tertiary/aromatic N) is 1. The summed E-state index contributed by atoms with van der Waals surface area (Å²) in [6.45, 7) is 1.90. The minimum absolute atomic E-state index is 0.303. The normalized spacial score (nSPS) is 18.1. The maximum atomic E-state index is 12.7. The molecule has 0 unspecified atom stereocenters. The lowest BCUT2D eigenvalue weighted by Gasteiger charge is -2.22. The van der Waals surface area contributed by atoms with Crippen molar-refractivity contribution in [1.29, 1.82) is 0 Å². The van der Waals surface area contributed by atoms with Crippen LogP contribution in [0.5, 0.6) is 0 Å². The summed E-state index contributed by atoms with van der Waals surface area (Å²) in [5.41, 5.74) is 1.94. The first kappa shape index (κ1) is 19.8. The van der Waals surface area contributed by atoms with Crippen LogP contribution in [0.15, 0.2) is 46.9 Å². The Hall–Kier alpha value is -1.57. The first-order valence-corrected chi connectivity index (χ1v) is 10.3. The summed E-state index contributed by atoms with van der Waals surface area (Å²) in [5, 5.41) is 9.46. The van der Waals surface area contributed by atoms with Crippen molar-refractivity contribution in [2.24, 2.45) is 0 Å². The molecule has 0 spiro atoms. The average Bonchev–Trinajstić information content (AvgIpc) is 2.83. The minimum Gasteiger partial charge on any atom is -0.480 e. The van der Waals surface area contributed by atoms with Gasteiger partial charge in [-0.1, -0.05) is 60.4 Å². The standard InChI is InChI=1S/C18H19NO3S3/c1-12(10-13-6-4-3-5-7-13)11-15-16(20)19(18(23)25-15)14(17(21)22)8-9-24-2/h3-7,10-11,14H,8-9H2,1-2H3,(H,21,22)/b12-10+,15-11+/t14-/m1/s1. The Balaban J connectivity index is 2.22. The number of carbonyl (C=O) groups is 2. The van der Waals surface area contributed by atoms with E-state index in [1.54, 1.807) is 17.8 Å². The molecule has 0 aliphatic carbocycles. The number of hydrogen-bond donors (Lipinski definition) is 1. The number of amides is 1. The van der Waals surface area contributed by atoms with E-state index in [4.69, 9.17) is 12.2 Å². The van der Waals surface area contributed by atoms with Crippen LogP contribution in [0.4, 0.5) is 0 Å². The van der Waals surface area contributed by atoms with Gasteiger partial charge in [-0.3, -0.25) is 9.69 Å². The van der Waals surface area contributed by atoms with Gasteiger partial charge in [-0.2, -0.15) is 11.8 Å². The van der Waals surface area contributed by atoms with Crippen LogP contribution in [-0.2, 0) is 9.59 Å². The molecule has 1 fully saturated rings. The van der Waals surface area contributed by atoms with Gasteiger partial charge in [0.2, 0.25) is 0 Å². The van der Waals surface area contributed by atoms with E-state index in [0.717, 1.165) is 22.9 Å². The molecule has 2 rings (SSSR count). The molecule has 1 atom stereocenters. The number of carboxylic acids is 1. The molecule has 0 aromatic heterocycles. The molecule has 25 heavy (non-hydrogen) atoms. The smallest absolute Gasteiger partial charge is 0.326 e. The predicted octanol–water partition coefficient (Wildman–Crippen LogP) is 4.04. The Morgan fingerprint density at radius 1 is 1.40 bits per heavy atom. The van der Waals surface area contributed by atoms with Gasteiger partial charge in [-0.15, -0.1) is 0 Å². The van der Waals surface area contributed by atoms with Crippen molar-refractivity contribution in [2.45, 2.75) is 19.4 Å². The van der Waals surface area contributed by atoms with Crippen molar-refractivity contribution in [3.63, 3.8) is 0 Å². The van der Waals surface area contributed by atoms with Crippen molar-refractivity contribution >= 4 is 58.0 Å².